The fourth-order valence-corrected chi connectivity index (χ4v) is 5.73. The van der Waals surface area contributed by atoms with Crippen molar-refractivity contribution in [2.45, 2.75) is 75.2 Å². The van der Waals surface area contributed by atoms with Crippen molar-refractivity contribution in [2.75, 3.05) is 0 Å². The summed E-state index contributed by atoms with van der Waals surface area (Å²) in [6, 6.07) is 6.17. The molecule has 4 aromatic rings. The smallest absolute Gasteiger partial charge is 0.326 e. The van der Waals surface area contributed by atoms with Gasteiger partial charge in [0.15, 0.2) is 0 Å². The van der Waals surface area contributed by atoms with E-state index in [9.17, 15) is 43.8 Å². The second-order valence-electron chi connectivity index (χ2n) is 12.9. The Hall–Kier alpha value is -6.76. The van der Waals surface area contributed by atoms with Gasteiger partial charge in [0.2, 0.25) is 35.4 Å². The molecule has 55 heavy (non-hydrogen) atoms. The summed E-state index contributed by atoms with van der Waals surface area (Å²) in [7, 11) is 0. The van der Waals surface area contributed by atoms with Crippen LogP contribution in [-0.4, -0.2) is 96.8 Å². The zero-order valence-corrected chi connectivity index (χ0v) is 29.6. The number of nitrogens with two attached hydrogens (primary N) is 3. The van der Waals surface area contributed by atoms with Crippen LogP contribution in [0.15, 0.2) is 67.3 Å². The minimum atomic E-state index is -1.49. The quantitative estimate of drug-likeness (QED) is 0.0465. The van der Waals surface area contributed by atoms with E-state index < -0.39 is 71.6 Å². The van der Waals surface area contributed by atoms with Crippen LogP contribution in [0.1, 0.15) is 42.5 Å². The van der Waals surface area contributed by atoms with Gasteiger partial charge in [0, 0.05) is 49.0 Å². The van der Waals surface area contributed by atoms with E-state index >= 15 is 0 Å². The van der Waals surface area contributed by atoms with Crippen molar-refractivity contribution in [2.24, 2.45) is 17.2 Å². The number of fused-ring (bicyclic) bond motifs is 1. The third kappa shape index (κ3) is 12.4. The van der Waals surface area contributed by atoms with Crippen LogP contribution in [0.4, 0.5) is 0 Å². The number of nitrogens with one attached hydrogen (secondary N) is 6. The molecule has 6 amide bonds. The van der Waals surface area contributed by atoms with Gasteiger partial charge in [-0.25, -0.2) is 9.78 Å². The number of carboxylic acid groups (broad SMARTS) is 1. The van der Waals surface area contributed by atoms with Crippen LogP contribution in [0.3, 0.4) is 0 Å². The number of hydrogen-bond acceptors (Lipinski definition) is 10. The summed E-state index contributed by atoms with van der Waals surface area (Å²) >= 11 is 0. The lowest BCUT2D eigenvalue weighted by Gasteiger charge is -2.26. The number of aromatic hydroxyl groups is 1. The van der Waals surface area contributed by atoms with Crippen molar-refractivity contribution in [1.29, 1.82) is 0 Å². The van der Waals surface area contributed by atoms with Crippen LogP contribution in [-0.2, 0) is 52.8 Å². The molecule has 0 saturated heterocycles. The number of benzene rings is 2. The SMILES string of the molecule is NC(=O)CC[C@H](NC(=O)[C@H](Cc1c[nH]cn1)NC(=O)[C@H](CCC(N)=O)NC(=O)[C@@H](N)Cc1c[nH]c2ccccc12)C(=O)N[C@@H](Cc1ccc(O)cc1)C(=O)O. The normalized spacial score (nSPS) is 13.8. The van der Waals surface area contributed by atoms with Gasteiger partial charge in [-0.05, 0) is 48.6 Å². The van der Waals surface area contributed by atoms with E-state index in [1.54, 1.807) is 6.20 Å². The van der Waals surface area contributed by atoms with Crippen LogP contribution in [0, 0.1) is 0 Å². The minimum absolute atomic E-state index is 0.0445. The molecule has 2 heterocycles. The highest BCUT2D eigenvalue weighted by atomic mass is 16.4. The molecule has 5 atom stereocenters. The maximum Gasteiger partial charge on any atom is 0.326 e. The van der Waals surface area contributed by atoms with Crippen LogP contribution in [0.25, 0.3) is 10.9 Å². The van der Waals surface area contributed by atoms with Crippen LogP contribution in [0.5, 0.6) is 5.75 Å². The number of hydrogen-bond donors (Lipinski definition) is 11. The van der Waals surface area contributed by atoms with Crippen molar-refractivity contribution in [1.82, 2.24) is 36.2 Å². The number of nitrogens with zero attached hydrogens (tertiary/aromatic N) is 1. The number of phenols is 1. The van der Waals surface area contributed by atoms with Crippen molar-refractivity contribution >= 4 is 52.3 Å². The average Bonchev–Trinajstić information content (AvgIpc) is 3.81. The Kier molecular flexibility index (Phi) is 14.4. The van der Waals surface area contributed by atoms with Gasteiger partial charge in [0.25, 0.3) is 0 Å². The molecule has 0 saturated carbocycles. The van der Waals surface area contributed by atoms with Gasteiger partial charge in [-0.15, -0.1) is 0 Å². The molecule has 2 aromatic carbocycles. The number of carbonyl (C=O) groups is 7. The van der Waals surface area contributed by atoms with E-state index in [4.69, 9.17) is 17.2 Å². The van der Waals surface area contributed by atoms with Gasteiger partial charge in [-0.2, -0.15) is 0 Å². The van der Waals surface area contributed by atoms with Crippen LogP contribution >= 0.6 is 0 Å². The Balaban J connectivity index is 1.51. The summed E-state index contributed by atoms with van der Waals surface area (Å²) < 4.78 is 0. The number of rotatable bonds is 21. The Labute approximate surface area is 314 Å². The van der Waals surface area contributed by atoms with E-state index in [2.05, 4.69) is 36.2 Å². The second-order valence-corrected chi connectivity index (χ2v) is 12.9. The Morgan fingerprint density at radius 3 is 1.84 bits per heavy atom. The molecule has 292 valence electrons. The highest BCUT2D eigenvalue weighted by Gasteiger charge is 2.33. The molecule has 0 spiro atoms. The number of carboxylic acids is 1. The second kappa shape index (κ2) is 19.4. The predicted octanol–water partition coefficient (Wildman–Crippen LogP) is -1.49. The molecule has 14 N–H and O–H groups in total. The summed E-state index contributed by atoms with van der Waals surface area (Å²) in [4.78, 5) is 99.7. The first-order valence-corrected chi connectivity index (χ1v) is 17.3. The number of amides is 6. The maximum absolute atomic E-state index is 13.8. The van der Waals surface area contributed by atoms with E-state index in [0.29, 0.717) is 11.3 Å². The monoisotopic (exact) mass is 760 g/mol. The summed E-state index contributed by atoms with van der Waals surface area (Å²) in [6.07, 6.45) is 2.97. The molecule has 19 heteroatoms. The molecule has 0 fully saturated rings. The average molecular weight is 761 g/mol. The number of carbonyl (C=O) groups excluding carboxylic acids is 6. The number of aliphatic carboxylic acids is 1. The van der Waals surface area contributed by atoms with Gasteiger partial charge in [-0.3, -0.25) is 28.8 Å². The van der Waals surface area contributed by atoms with Crippen LogP contribution < -0.4 is 38.5 Å². The highest BCUT2D eigenvalue weighted by Crippen LogP contribution is 2.19. The first-order chi connectivity index (χ1) is 26.2. The third-order valence-corrected chi connectivity index (χ3v) is 8.67. The number of aromatic nitrogens is 3. The summed E-state index contributed by atoms with van der Waals surface area (Å²) in [5.41, 5.74) is 19.3. The molecule has 0 aliphatic carbocycles. The summed E-state index contributed by atoms with van der Waals surface area (Å²) in [6.45, 7) is 0. The lowest BCUT2D eigenvalue weighted by Crippen LogP contribution is -2.59. The molecular formula is C36H44N10O9. The van der Waals surface area contributed by atoms with Crippen LogP contribution in [0.2, 0.25) is 0 Å². The Morgan fingerprint density at radius 2 is 1.25 bits per heavy atom. The first-order valence-electron chi connectivity index (χ1n) is 17.3. The molecule has 0 unspecified atom stereocenters. The molecule has 0 bridgehead atoms. The van der Waals surface area contributed by atoms with E-state index in [1.165, 1.54) is 36.8 Å². The topological polar surface area (TPSA) is 331 Å². The van der Waals surface area contributed by atoms with Gasteiger partial charge >= 0.3 is 5.97 Å². The Bertz CT molecular complexity index is 1980. The standard InChI is InChI=1S/C36H44N10O9/c37-24(14-20-16-41-25-4-2-1-3-23(20)25)32(50)43-26(9-11-30(38)48)33(51)45-28(15-21-17-40-18-42-21)35(53)44-27(10-12-31(39)49)34(52)46-29(36(54)55)13-19-5-7-22(47)8-6-19/h1-8,16-18,24,26-29,41,47H,9-15,37H2,(H2,38,48)(H2,39,49)(H,40,42)(H,43,50)(H,44,53)(H,45,51)(H,46,52)(H,54,55)/t24-,26-,27-,28-,29-/m0/s1. The molecule has 0 radical (unpaired) electrons. The zero-order valence-electron chi connectivity index (χ0n) is 29.6. The zero-order chi connectivity index (χ0) is 40.1. The Morgan fingerprint density at radius 1 is 0.691 bits per heavy atom. The molecule has 19 nitrogen and oxygen atoms in total. The van der Waals surface area contributed by atoms with Gasteiger partial charge in [0.05, 0.1) is 18.1 Å². The van der Waals surface area contributed by atoms with Gasteiger partial charge < -0.3 is 58.6 Å². The number of H-pyrrole nitrogens is 2. The molecule has 0 aliphatic heterocycles. The third-order valence-electron chi connectivity index (χ3n) is 8.67. The lowest BCUT2D eigenvalue weighted by atomic mass is 10.0. The minimum Gasteiger partial charge on any atom is -0.508 e. The number of aromatic amines is 2. The van der Waals surface area contributed by atoms with Crippen molar-refractivity contribution in [3.63, 3.8) is 0 Å². The predicted molar refractivity (Wildman–Crippen MR) is 196 cm³/mol. The van der Waals surface area contributed by atoms with Crippen molar-refractivity contribution in [3.8, 4) is 5.75 Å². The largest absolute Gasteiger partial charge is 0.508 e. The molecule has 4 rings (SSSR count). The number of phenolic OH excluding ortho intramolecular Hbond substituents is 1. The van der Waals surface area contributed by atoms with Crippen molar-refractivity contribution < 1.29 is 43.8 Å². The highest BCUT2D eigenvalue weighted by molar-refractivity contribution is 5.96. The molecule has 2 aromatic heterocycles. The molecular weight excluding hydrogens is 716 g/mol. The summed E-state index contributed by atoms with van der Waals surface area (Å²) in [5.74, 6) is -6.48. The maximum atomic E-state index is 13.8. The van der Waals surface area contributed by atoms with Gasteiger partial charge in [0.1, 0.15) is 29.9 Å². The van der Waals surface area contributed by atoms with Gasteiger partial charge in [-0.1, -0.05) is 30.3 Å². The number of primary amides is 2. The first kappa shape index (κ1) is 41.0. The number of para-hydroxylation sites is 1. The fraction of sp³-hybridized carbons (Fsp3) is 0.333. The van der Waals surface area contributed by atoms with Crippen molar-refractivity contribution in [3.05, 3.63) is 84.1 Å². The summed E-state index contributed by atoms with van der Waals surface area (Å²) in [5, 5.41) is 30.2. The van der Waals surface area contributed by atoms with E-state index in [0.717, 1.165) is 16.5 Å². The lowest BCUT2D eigenvalue weighted by molar-refractivity contribution is -0.142. The molecule has 0 aliphatic rings. The van der Waals surface area contributed by atoms with E-state index in [-0.39, 0.29) is 50.7 Å². The van der Waals surface area contributed by atoms with E-state index in [1.807, 2.05) is 24.3 Å². The number of imidazole rings is 1. The fourth-order valence-electron chi connectivity index (χ4n) is 5.73.